The number of ether oxygens (including phenoxy) is 1. The third-order valence-electron chi connectivity index (χ3n) is 6.68. The molecule has 2 N–H and O–H groups in total. The first-order valence-corrected chi connectivity index (χ1v) is 14.4. The van der Waals surface area contributed by atoms with Gasteiger partial charge in [0.2, 0.25) is 5.91 Å². The Kier molecular flexibility index (Phi) is 18.3. The number of hydrogen-bond acceptors (Lipinski definition) is 4. The Hall–Kier alpha value is -2.34. The summed E-state index contributed by atoms with van der Waals surface area (Å²) in [5, 5.41) is 19.3. The predicted molar refractivity (Wildman–Crippen MR) is 151 cm³/mol. The second-order valence-corrected chi connectivity index (χ2v) is 10.3. The van der Waals surface area contributed by atoms with Crippen molar-refractivity contribution in [1.29, 1.82) is 0 Å². The largest absolute Gasteiger partial charge is 0.481 e. The Morgan fingerprint density at radius 1 is 0.919 bits per heavy atom. The first kappa shape index (κ1) is 32.7. The van der Waals surface area contributed by atoms with Crippen LogP contribution >= 0.6 is 0 Å². The number of nitrogens with zero attached hydrogens (tertiary/aromatic N) is 1. The van der Waals surface area contributed by atoms with Crippen LogP contribution < -0.4 is 4.74 Å². The molecule has 0 radical (unpaired) electrons. The summed E-state index contributed by atoms with van der Waals surface area (Å²) in [6.45, 7) is 2.23. The van der Waals surface area contributed by atoms with E-state index in [1.807, 2.05) is 24.3 Å². The molecule has 1 rings (SSSR count). The van der Waals surface area contributed by atoms with Crippen molar-refractivity contribution in [3.05, 3.63) is 41.7 Å². The van der Waals surface area contributed by atoms with E-state index in [-0.39, 0.29) is 18.4 Å². The third kappa shape index (κ3) is 16.9. The van der Waals surface area contributed by atoms with Crippen LogP contribution in [0.2, 0.25) is 0 Å². The van der Waals surface area contributed by atoms with Crippen LogP contribution in [0.25, 0.3) is 0 Å². The van der Waals surface area contributed by atoms with E-state index >= 15 is 0 Å². The Morgan fingerprint density at radius 3 is 2.32 bits per heavy atom. The first-order valence-electron chi connectivity index (χ1n) is 14.4. The van der Waals surface area contributed by atoms with E-state index < -0.39 is 5.97 Å². The SMILES string of the molecule is CCCCCCCCC(O)CCCCC=COc1ccc(CCCCC(=O)N(C)C)cc1CCC(=O)O. The van der Waals surface area contributed by atoms with Gasteiger partial charge in [-0.05, 0) is 74.6 Å². The Morgan fingerprint density at radius 2 is 1.62 bits per heavy atom. The number of allylic oxidation sites excluding steroid dienone is 1. The van der Waals surface area contributed by atoms with Crippen molar-refractivity contribution in [2.75, 3.05) is 14.1 Å². The number of carbonyl (C=O) groups is 2. The molecule has 0 aliphatic heterocycles. The maximum absolute atomic E-state index is 11.7. The highest BCUT2D eigenvalue weighted by Crippen LogP contribution is 2.24. The Bertz CT molecular complexity index is 790. The molecule has 0 saturated heterocycles. The minimum Gasteiger partial charge on any atom is -0.481 e. The van der Waals surface area contributed by atoms with Crippen molar-refractivity contribution in [1.82, 2.24) is 4.90 Å². The van der Waals surface area contributed by atoms with Crippen LogP contribution in [-0.4, -0.2) is 47.2 Å². The number of carboxylic acid groups (broad SMARTS) is 1. The fraction of sp³-hybridized carbons (Fsp3) is 0.677. The molecular formula is C31H51NO5. The maximum Gasteiger partial charge on any atom is 0.303 e. The number of carbonyl (C=O) groups excluding carboxylic acids is 1. The average molecular weight is 518 g/mol. The first-order chi connectivity index (χ1) is 17.8. The van der Waals surface area contributed by atoms with Gasteiger partial charge < -0.3 is 19.8 Å². The molecule has 1 aromatic rings. The quantitative estimate of drug-likeness (QED) is 0.127. The van der Waals surface area contributed by atoms with Crippen molar-refractivity contribution < 1.29 is 24.5 Å². The van der Waals surface area contributed by atoms with E-state index in [1.165, 1.54) is 32.1 Å². The molecule has 0 aromatic heterocycles. The van der Waals surface area contributed by atoms with Gasteiger partial charge in [-0.3, -0.25) is 9.59 Å². The number of hydrogen-bond donors (Lipinski definition) is 2. The van der Waals surface area contributed by atoms with E-state index in [1.54, 1.807) is 25.3 Å². The number of aryl methyl sites for hydroxylation is 2. The molecule has 0 saturated carbocycles. The zero-order chi connectivity index (χ0) is 27.3. The summed E-state index contributed by atoms with van der Waals surface area (Å²) >= 11 is 0. The molecule has 210 valence electrons. The van der Waals surface area contributed by atoms with Crippen LogP contribution in [0.3, 0.4) is 0 Å². The zero-order valence-electron chi connectivity index (χ0n) is 23.6. The number of amides is 1. The van der Waals surface area contributed by atoms with Crippen LogP contribution in [0.15, 0.2) is 30.5 Å². The van der Waals surface area contributed by atoms with Crippen molar-refractivity contribution in [2.24, 2.45) is 0 Å². The van der Waals surface area contributed by atoms with Gasteiger partial charge in [-0.15, -0.1) is 0 Å². The topological polar surface area (TPSA) is 87.1 Å². The van der Waals surface area contributed by atoms with Gasteiger partial charge in [0.15, 0.2) is 0 Å². The highest BCUT2D eigenvalue weighted by atomic mass is 16.5. The molecule has 1 unspecified atom stereocenters. The van der Waals surface area contributed by atoms with Gasteiger partial charge in [-0.1, -0.05) is 64.0 Å². The normalized spacial score (nSPS) is 12.1. The van der Waals surface area contributed by atoms with Crippen molar-refractivity contribution >= 4 is 11.9 Å². The van der Waals surface area contributed by atoms with Crippen LogP contribution in [0.1, 0.15) is 114 Å². The highest BCUT2D eigenvalue weighted by molar-refractivity contribution is 5.75. The van der Waals surface area contributed by atoms with Gasteiger partial charge in [0, 0.05) is 26.9 Å². The van der Waals surface area contributed by atoms with E-state index in [9.17, 15) is 14.7 Å². The second-order valence-electron chi connectivity index (χ2n) is 10.3. The summed E-state index contributed by atoms with van der Waals surface area (Å²) in [6, 6.07) is 5.97. The molecule has 0 aliphatic carbocycles. The predicted octanol–water partition coefficient (Wildman–Crippen LogP) is 7.07. The monoisotopic (exact) mass is 517 g/mol. The molecule has 0 spiro atoms. The third-order valence-corrected chi connectivity index (χ3v) is 6.68. The highest BCUT2D eigenvalue weighted by Gasteiger charge is 2.09. The average Bonchev–Trinajstić information content (AvgIpc) is 2.87. The van der Waals surface area contributed by atoms with Gasteiger partial charge >= 0.3 is 5.97 Å². The standard InChI is InChI=1S/C31H51NO5/c1-4-5-6-7-8-11-17-28(33)18-12-9-10-15-24-37-29-22-20-26(25-27(29)21-23-31(35)36)16-13-14-19-30(34)32(2)3/h15,20,22,24-25,28,33H,4-14,16-19,21,23H2,1-3H3,(H,35,36). The van der Waals surface area contributed by atoms with E-state index in [2.05, 4.69) is 6.92 Å². The lowest BCUT2D eigenvalue weighted by Gasteiger charge is -2.12. The van der Waals surface area contributed by atoms with Crippen LogP contribution in [-0.2, 0) is 22.4 Å². The molecule has 1 amide bonds. The fourth-order valence-electron chi connectivity index (χ4n) is 4.31. The number of aliphatic hydroxyl groups excluding tert-OH is 1. The number of carboxylic acids is 1. The van der Waals surface area contributed by atoms with Crippen LogP contribution in [0.5, 0.6) is 5.75 Å². The lowest BCUT2D eigenvalue weighted by atomic mass is 10.0. The summed E-state index contributed by atoms with van der Waals surface area (Å²) in [5.74, 6) is 0.00759. The lowest BCUT2D eigenvalue weighted by Crippen LogP contribution is -2.21. The summed E-state index contributed by atoms with van der Waals surface area (Å²) in [4.78, 5) is 24.5. The van der Waals surface area contributed by atoms with Gasteiger partial charge in [-0.2, -0.15) is 0 Å². The number of rotatable bonds is 22. The molecular weight excluding hydrogens is 466 g/mol. The number of aliphatic hydroxyl groups is 1. The summed E-state index contributed by atoms with van der Waals surface area (Å²) < 4.78 is 5.86. The summed E-state index contributed by atoms with van der Waals surface area (Å²) in [6.07, 6.45) is 19.3. The number of benzene rings is 1. The second kappa shape index (κ2) is 20.7. The van der Waals surface area contributed by atoms with E-state index in [0.29, 0.717) is 18.6 Å². The van der Waals surface area contributed by atoms with Crippen molar-refractivity contribution in [3.63, 3.8) is 0 Å². The molecule has 6 nitrogen and oxygen atoms in total. The molecule has 1 atom stereocenters. The van der Waals surface area contributed by atoms with E-state index in [4.69, 9.17) is 9.84 Å². The minimum absolute atomic E-state index is 0.0575. The minimum atomic E-state index is -0.826. The molecule has 0 heterocycles. The van der Waals surface area contributed by atoms with Gasteiger partial charge in [0.25, 0.3) is 0 Å². The van der Waals surface area contributed by atoms with Crippen LogP contribution in [0, 0.1) is 0 Å². The van der Waals surface area contributed by atoms with Crippen molar-refractivity contribution in [3.8, 4) is 5.75 Å². The van der Waals surface area contributed by atoms with Gasteiger partial charge in [0.05, 0.1) is 12.4 Å². The molecule has 6 heteroatoms. The molecule has 0 bridgehead atoms. The van der Waals surface area contributed by atoms with Gasteiger partial charge in [-0.25, -0.2) is 0 Å². The Labute approximate surface area is 225 Å². The Balaban J connectivity index is 2.38. The van der Waals surface area contributed by atoms with Crippen molar-refractivity contribution in [2.45, 2.75) is 122 Å². The van der Waals surface area contributed by atoms with E-state index in [0.717, 1.165) is 68.9 Å². The number of aliphatic carboxylic acids is 1. The zero-order valence-corrected chi connectivity index (χ0v) is 23.6. The molecule has 0 aliphatic rings. The summed E-state index contributed by atoms with van der Waals surface area (Å²) in [5.41, 5.74) is 2.03. The maximum atomic E-state index is 11.7. The summed E-state index contributed by atoms with van der Waals surface area (Å²) in [7, 11) is 3.54. The lowest BCUT2D eigenvalue weighted by molar-refractivity contribution is -0.137. The number of unbranched alkanes of at least 4 members (excludes halogenated alkanes) is 8. The smallest absolute Gasteiger partial charge is 0.303 e. The molecule has 0 fully saturated rings. The molecule has 1 aromatic carbocycles. The van der Waals surface area contributed by atoms with Crippen LogP contribution in [0.4, 0.5) is 0 Å². The fourth-order valence-corrected chi connectivity index (χ4v) is 4.31. The molecule has 37 heavy (non-hydrogen) atoms. The van der Waals surface area contributed by atoms with Gasteiger partial charge in [0.1, 0.15) is 5.75 Å².